The summed E-state index contributed by atoms with van der Waals surface area (Å²) in [6.07, 6.45) is 7.39. The first-order valence-electron chi connectivity index (χ1n) is 10.9. The maximum absolute atomic E-state index is 12.9. The molecular weight excluding hydrogens is 416 g/mol. The molecule has 2 heterocycles. The average molecular weight is 441 g/mol. The summed E-state index contributed by atoms with van der Waals surface area (Å²) in [7, 11) is 0. The molecule has 31 heavy (non-hydrogen) atoms. The molecule has 0 saturated heterocycles. The van der Waals surface area contributed by atoms with Gasteiger partial charge in [-0.15, -0.1) is 0 Å². The fraction of sp³-hybridized carbons (Fsp3) is 0.458. The van der Waals surface area contributed by atoms with Gasteiger partial charge in [0.05, 0.1) is 12.0 Å². The van der Waals surface area contributed by atoms with Gasteiger partial charge in [0.1, 0.15) is 11.8 Å². The van der Waals surface area contributed by atoms with Gasteiger partial charge in [-0.25, -0.2) is 5.01 Å². The molecule has 2 aromatic rings. The lowest BCUT2D eigenvalue weighted by molar-refractivity contribution is -0.154. The van der Waals surface area contributed by atoms with Gasteiger partial charge in [0.25, 0.3) is 5.91 Å². The van der Waals surface area contributed by atoms with Crippen molar-refractivity contribution in [1.29, 1.82) is 0 Å². The van der Waals surface area contributed by atoms with Crippen molar-refractivity contribution in [3.8, 4) is 0 Å². The molecule has 1 aromatic carbocycles. The molecule has 0 spiro atoms. The Morgan fingerprint density at radius 3 is 2.68 bits per heavy atom. The highest BCUT2D eigenvalue weighted by Gasteiger charge is 2.41. The molecule has 2 fully saturated rings. The smallest absolute Gasteiger partial charge is 0.306 e. The number of rotatable bonds is 6. The van der Waals surface area contributed by atoms with Crippen LogP contribution in [0.5, 0.6) is 0 Å². The summed E-state index contributed by atoms with van der Waals surface area (Å²) in [4.78, 5) is 25.3. The van der Waals surface area contributed by atoms with Crippen LogP contribution >= 0.6 is 11.6 Å². The number of hydrazone groups is 1. The lowest BCUT2D eigenvalue weighted by Crippen LogP contribution is -2.31. The molecular formula is C24H25ClN2O4. The maximum atomic E-state index is 12.9. The molecule has 0 radical (unpaired) electrons. The van der Waals surface area contributed by atoms with Gasteiger partial charge < -0.3 is 9.15 Å². The second-order valence-electron chi connectivity index (χ2n) is 8.83. The van der Waals surface area contributed by atoms with Gasteiger partial charge in [-0.05, 0) is 66.8 Å². The van der Waals surface area contributed by atoms with Crippen LogP contribution in [0.2, 0.25) is 5.02 Å². The molecule has 0 unspecified atom stereocenters. The molecule has 1 aliphatic heterocycles. The molecule has 3 aliphatic rings. The molecule has 7 heteroatoms. The number of hydrogen-bond donors (Lipinski definition) is 0. The third-order valence-corrected chi connectivity index (χ3v) is 7.14. The number of furan rings is 1. The second kappa shape index (κ2) is 8.50. The Kier molecular flexibility index (Phi) is 5.57. The van der Waals surface area contributed by atoms with Crippen LogP contribution in [0.4, 0.5) is 0 Å². The number of benzene rings is 1. The van der Waals surface area contributed by atoms with E-state index in [9.17, 15) is 9.59 Å². The first kappa shape index (κ1) is 20.3. The summed E-state index contributed by atoms with van der Waals surface area (Å²) in [5.74, 6) is 1.85. The minimum atomic E-state index is -0.363. The van der Waals surface area contributed by atoms with E-state index < -0.39 is 0 Å². The van der Waals surface area contributed by atoms with Crippen molar-refractivity contribution >= 4 is 29.2 Å². The Morgan fingerprint density at radius 2 is 2.00 bits per heavy atom. The van der Waals surface area contributed by atoms with E-state index in [2.05, 4.69) is 5.10 Å². The first-order valence-corrected chi connectivity index (χ1v) is 11.3. The van der Waals surface area contributed by atoms with Gasteiger partial charge in [-0.3, -0.25) is 9.59 Å². The van der Waals surface area contributed by atoms with Crippen LogP contribution in [-0.4, -0.2) is 29.2 Å². The topological polar surface area (TPSA) is 72.1 Å². The summed E-state index contributed by atoms with van der Waals surface area (Å²) in [6.45, 7) is -0.311. The first-order chi connectivity index (χ1) is 15.1. The third kappa shape index (κ3) is 4.26. The summed E-state index contributed by atoms with van der Waals surface area (Å²) in [5.41, 5.74) is 1.66. The summed E-state index contributed by atoms with van der Waals surface area (Å²) >= 11 is 5.99. The molecule has 6 nitrogen and oxygen atoms in total. The largest absolute Gasteiger partial charge is 0.467 e. The van der Waals surface area contributed by atoms with Crippen molar-refractivity contribution in [2.24, 2.45) is 22.9 Å². The van der Waals surface area contributed by atoms with Crippen LogP contribution in [0, 0.1) is 17.8 Å². The van der Waals surface area contributed by atoms with E-state index in [1.54, 1.807) is 24.5 Å². The van der Waals surface area contributed by atoms with Crippen LogP contribution in [-0.2, 0) is 14.3 Å². The monoisotopic (exact) mass is 440 g/mol. The normalized spacial score (nSPS) is 26.9. The summed E-state index contributed by atoms with van der Waals surface area (Å²) < 4.78 is 10.9. The fourth-order valence-corrected chi connectivity index (χ4v) is 5.49. The predicted molar refractivity (Wildman–Crippen MR) is 115 cm³/mol. The van der Waals surface area contributed by atoms with Crippen molar-refractivity contribution in [1.82, 2.24) is 5.01 Å². The minimum Gasteiger partial charge on any atom is -0.467 e. The van der Waals surface area contributed by atoms with Gasteiger partial charge >= 0.3 is 5.97 Å². The zero-order valence-corrected chi connectivity index (χ0v) is 18.0. The Labute approximate surface area is 186 Å². The summed E-state index contributed by atoms with van der Waals surface area (Å²) in [6, 6.07) is 10.6. The number of carbonyl (C=O) groups excluding carboxylic acids is 2. The van der Waals surface area contributed by atoms with Crippen molar-refractivity contribution < 1.29 is 18.7 Å². The standard InChI is InChI=1S/C24H25ClN2O4/c25-19-7-5-16(6-8-19)20-13-21(22-2-1-9-30-22)27(26-20)23(28)14-31-24(29)12-18-11-15-3-4-17(18)10-15/h1-2,5-9,15,17-18,21H,3-4,10-14H2/t15-,17-,18+,21+/m0/s1. The van der Waals surface area contributed by atoms with Crippen molar-refractivity contribution in [2.45, 2.75) is 44.6 Å². The molecule has 5 rings (SSSR count). The van der Waals surface area contributed by atoms with Crippen LogP contribution in [0.25, 0.3) is 0 Å². The molecule has 1 amide bonds. The highest BCUT2D eigenvalue weighted by molar-refractivity contribution is 6.30. The molecule has 2 saturated carbocycles. The van der Waals surface area contributed by atoms with Crippen molar-refractivity contribution in [3.05, 3.63) is 59.0 Å². The van der Waals surface area contributed by atoms with Gasteiger partial charge in [-0.2, -0.15) is 5.10 Å². The van der Waals surface area contributed by atoms with Crippen LogP contribution in [0.15, 0.2) is 52.2 Å². The molecule has 2 aliphatic carbocycles. The van der Waals surface area contributed by atoms with Crippen LogP contribution in [0.3, 0.4) is 0 Å². The highest BCUT2D eigenvalue weighted by Crippen LogP contribution is 2.49. The zero-order chi connectivity index (χ0) is 21.4. The van der Waals surface area contributed by atoms with Gasteiger partial charge in [0.15, 0.2) is 6.61 Å². The van der Waals surface area contributed by atoms with E-state index in [0.29, 0.717) is 35.5 Å². The third-order valence-electron chi connectivity index (χ3n) is 6.88. The maximum Gasteiger partial charge on any atom is 0.306 e. The van der Waals surface area contributed by atoms with Gasteiger partial charge in [0, 0.05) is 17.9 Å². The molecule has 4 atom stereocenters. The lowest BCUT2D eigenvalue weighted by atomic mass is 9.86. The van der Waals surface area contributed by atoms with E-state index >= 15 is 0 Å². The molecule has 1 aromatic heterocycles. The number of ether oxygens (including phenoxy) is 1. The highest BCUT2D eigenvalue weighted by atomic mass is 35.5. The number of esters is 1. The van der Waals surface area contributed by atoms with Crippen molar-refractivity contribution in [2.75, 3.05) is 6.61 Å². The number of fused-ring (bicyclic) bond motifs is 2. The van der Waals surface area contributed by atoms with E-state index in [-0.39, 0.29) is 24.5 Å². The quantitative estimate of drug-likeness (QED) is 0.594. The molecule has 162 valence electrons. The Balaban J connectivity index is 1.24. The van der Waals surface area contributed by atoms with Gasteiger partial charge in [-0.1, -0.05) is 30.2 Å². The van der Waals surface area contributed by atoms with Gasteiger partial charge in [0.2, 0.25) is 0 Å². The van der Waals surface area contributed by atoms with Crippen LogP contribution < -0.4 is 0 Å². The van der Waals surface area contributed by atoms with E-state index in [0.717, 1.165) is 23.6 Å². The minimum absolute atomic E-state index is 0.290. The lowest BCUT2D eigenvalue weighted by Gasteiger charge is -2.21. The number of halogens is 1. The Morgan fingerprint density at radius 1 is 1.16 bits per heavy atom. The fourth-order valence-electron chi connectivity index (χ4n) is 5.37. The molecule has 2 bridgehead atoms. The zero-order valence-electron chi connectivity index (χ0n) is 17.2. The number of nitrogens with zero attached hydrogens (tertiary/aromatic N) is 2. The Hall–Kier alpha value is -2.60. The predicted octanol–water partition coefficient (Wildman–Crippen LogP) is 4.98. The van der Waals surface area contributed by atoms with Crippen LogP contribution in [0.1, 0.15) is 55.9 Å². The number of hydrogen-bond acceptors (Lipinski definition) is 5. The molecule has 0 N–H and O–H groups in total. The number of amides is 1. The SMILES string of the molecule is O=C(C[C@H]1C[C@H]2CC[C@H]1C2)OCC(=O)N1N=C(c2ccc(Cl)cc2)C[C@@H]1c1ccco1. The summed E-state index contributed by atoms with van der Waals surface area (Å²) in [5, 5.41) is 6.57. The average Bonchev–Trinajstić information content (AvgIpc) is 3.56. The van der Waals surface area contributed by atoms with E-state index in [4.69, 9.17) is 20.8 Å². The second-order valence-corrected chi connectivity index (χ2v) is 9.26. The number of carbonyl (C=O) groups is 2. The van der Waals surface area contributed by atoms with E-state index in [1.807, 2.05) is 18.2 Å². The Bertz CT molecular complexity index is 986. The van der Waals surface area contributed by atoms with E-state index in [1.165, 1.54) is 24.3 Å². The van der Waals surface area contributed by atoms with Crippen molar-refractivity contribution in [3.63, 3.8) is 0 Å².